The van der Waals surface area contributed by atoms with Crippen LogP contribution in [0.3, 0.4) is 0 Å². The highest BCUT2D eigenvalue weighted by molar-refractivity contribution is 5.97. The third-order valence-corrected chi connectivity index (χ3v) is 3.20. The van der Waals surface area contributed by atoms with Gasteiger partial charge in [-0.3, -0.25) is 9.89 Å². The van der Waals surface area contributed by atoms with Crippen molar-refractivity contribution in [2.45, 2.75) is 13.3 Å². The number of aryl methyl sites for hydroxylation is 1. The number of anilines is 1. The number of nitrogens with zero attached hydrogens (tertiary/aromatic N) is 3. The minimum atomic E-state index is -0.0675. The molecule has 0 unspecified atom stereocenters. The Morgan fingerprint density at radius 2 is 2.12 bits per heavy atom. The zero-order valence-corrected chi connectivity index (χ0v) is 10.4. The highest BCUT2D eigenvalue weighted by Gasteiger charge is 2.23. The van der Waals surface area contributed by atoms with Gasteiger partial charge in [0, 0.05) is 19.6 Å². The van der Waals surface area contributed by atoms with Gasteiger partial charge >= 0.3 is 0 Å². The van der Waals surface area contributed by atoms with Gasteiger partial charge in [0.15, 0.2) is 5.69 Å². The summed E-state index contributed by atoms with van der Waals surface area (Å²) in [6.07, 6.45) is 0.992. The average Bonchev–Trinajstić information content (AvgIpc) is 2.53. The maximum Gasteiger partial charge on any atom is 0.276 e. The standard InChI is InChI=1S/C11H19N5O/c1-8-9(12)10(14-13-8)11(17)16-5-3-4-15(2)6-7-16/h3-7,12H2,1-2H3,(H,13,14). The van der Waals surface area contributed by atoms with Crippen molar-refractivity contribution in [2.75, 3.05) is 39.0 Å². The van der Waals surface area contributed by atoms with Crippen LogP contribution >= 0.6 is 0 Å². The van der Waals surface area contributed by atoms with Gasteiger partial charge in [-0.25, -0.2) is 0 Å². The SMILES string of the molecule is Cc1[nH]nc(C(=O)N2CCCN(C)CC2)c1N. The van der Waals surface area contributed by atoms with E-state index in [2.05, 4.69) is 22.1 Å². The van der Waals surface area contributed by atoms with E-state index >= 15 is 0 Å². The monoisotopic (exact) mass is 237 g/mol. The van der Waals surface area contributed by atoms with Gasteiger partial charge in [0.05, 0.1) is 11.4 Å². The summed E-state index contributed by atoms with van der Waals surface area (Å²) in [6, 6.07) is 0. The first-order chi connectivity index (χ1) is 8.09. The number of carbonyl (C=O) groups is 1. The largest absolute Gasteiger partial charge is 0.395 e. The average molecular weight is 237 g/mol. The van der Waals surface area contributed by atoms with Crippen LogP contribution in [0.2, 0.25) is 0 Å². The van der Waals surface area contributed by atoms with Crippen molar-refractivity contribution < 1.29 is 4.79 Å². The van der Waals surface area contributed by atoms with Crippen LogP contribution in [-0.4, -0.2) is 59.1 Å². The molecule has 0 aliphatic carbocycles. The normalized spacial score (nSPS) is 18.1. The highest BCUT2D eigenvalue weighted by atomic mass is 16.2. The van der Waals surface area contributed by atoms with E-state index in [9.17, 15) is 4.79 Å². The Morgan fingerprint density at radius 1 is 1.35 bits per heavy atom. The summed E-state index contributed by atoms with van der Waals surface area (Å²) in [5, 5.41) is 6.73. The van der Waals surface area contributed by atoms with Crippen molar-refractivity contribution in [3.63, 3.8) is 0 Å². The van der Waals surface area contributed by atoms with Gasteiger partial charge in [-0.1, -0.05) is 0 Å². The molecule has 0 saturated carbocycles. The summed E-state index contributed by atoms with van der Waals surface area (Å²) in [6.45, 7) is 5.25. The number of carbonyl (C=O) groups excluding carboxylic acids is 1. The predicted octanol–water partition coefficient (Wildman–Crippen LogP) is 0.0780. The van der Waals surface area contributed by atoms with Crippen LogP contribution in [0.4, 0.5) is 5.69 Å². The molecule has 0 spiro atoms. The van der Waals surface area contributed by atoms with Crippen molar-refractivity contribution >= 4 is 11.6 Å². The molecule has 3 N–H and O–H groups in total. The molecular formula is C11H19N5O. The lowest BCUT2D eigenvalue weighted by Gasteiger charge is -2.19. The summed E-state index contributed by atoms with van der Waals surface area (Å²) < 4.78 is 0. The second-order valence-corrected chi connectivity index (χ2v) is 4.56. The molecule has 6 heteroatoms. The molecule has 94 valence electrons. The fourth-order valence-electron chi connectivity index (χ4n) is 2.00. The van der Waals surface area contributed by atoms with E-state index in [0.717, 1.165) is 38.3 Å². The first kappa shape index (κ1) is 11.9. The summed E-state index contributed by atoms with van der Waals surface area (Å²) in [7, 11) is 2.07. The smallest absolute Gasteiger partial charge is 0.276 e. The number of likely N-dealkylation sites (N-methyl/N-ethyl adjacent to an activating group) is 1. The number of amides is 1. The molecule has 0 atom stereocenters. The summed E-state index contributed by atoms with van der Waals surface area (Å²) in [5.41, 5.74) is 7.39. The first-order valence-corrected chi connectivity index (χ1v) is 5.88. The molecule has 1 aliphatic rings. The fourth-order valence-corrected chi connectivity index (χ4v) is 2.00. The van der Waals surface area contributed by atoms with Crippen LogP contribution in [0.5, 0.6) is 0 Å². The molecule has 1 fully saturated rings. The molecule has 1 aromatic heterocycles. The molecule has 1 amide bonds. The number of H-pyrrole nitrogens is 1. The Balaban J connectivity index is 2.12. The Kier molecular flexibility index (Phi) is 3.33. The molecule has 6 nitrogen and oxygen atoms in total. The third-order valence-electron chi connectivity index (χ3n) is 3.20. The number of aromatic nitrogens is 2. The number of aromatic amines is 1. The molecule has 0 bridgehead atoms. The molecule has 17 heavy (non-hydrogen) atoms. The minimum Gasteiger partial charge on any atom is -0.395 e. The Bertz CT molecular complexity index is 414. The van der Waals surface area contributed by atoms with Crippen LogP contribution in [0, 0.1) is 6.92 Å². The van der Waals surface area contributed by atoms with Crippen molar-refractivity contribution in [3.8, 4) is 0 Å². The summed E-state index contributed by atoms with van der Waals surface area (Å²) in [4.78, 5) is 16.3. The lowest BCUT2D eigenvalue weighted by Crippen LogP contribution is -2.35. The number of nitrogen functional groups attached to an aromatic ring is 1. The number of nitrogens with two attached hydrogens (primary N) is 1. The zero-order chi connectivity index (χ0) is 12.4. The molecular weight excluding hydrogens is 218 g/mol. The zero-order valence-electron chi connectivity index (χ0n) is 10.4. The Labute approximate surface area is 101 Å². The lowest BCUT2D eigenvalue weighted by atomic mass is 10.2. The second-order valence-electron chi connectivity index (χ2n) is 4.56. The van der Waals surface area contributed by atoms with E-state index < -0.39 is 0 Å². The second kappa shape index (κ2) is 4.75. The predicted molar refractivity (Wildman–Crippen MR) is 65.8 cm³/mol. The van der Waals surface area contributed by atoms with E-state index in [1.807, 2.05) is 11.8 Å². The van der Waals surface area contributed by atoms with Crippen LogP contribution < -0.4 is 5.73 Å². The molecule has 1 aliphatic heterocycles. The maximum atomic E-state index is 12.2. The van der Waals surface area contributed by atoms with Crippen molar-refractivity contribution in [1.82, 2.24) is 20.0 Å². The van der Waals surface area contributed by atoms with Gasteiger partial charge in [-0.15, -0.1) is 0 Å². The van der Waals surface area contributed by atoms with Gasteiger partial charge in [-0.05, 0) is 26.9 Å². The van der Waals surface area contributed by atoms with E-state index in [1.165, 1.54) is 0 Å². The highest BCUT2D eigenvalue weighted by Crippen LogP contribution is 2.15. The molecule has 1 saturated heterocycles. The topological polar surface area (TPSA) is 78.2 Å². The number of hydrogen-bond acceptors (Lipinski definition) is 4. The summed E-state index contributed by atoms with van der Waals surface area (Å²) >= 11 is 0. The molecule has 2 rings (SSSR count). The molecule has 2 heterocycles. The third kappa shape index (κ3) is 2.41. The first-order valence-electron chi connectivity index (χ1n) is 5.88. The van der Waals surface area contributed by atoms with Crippen molar-refractivity contribution in [3.05, 3.63) is 11.4 Å². The maximum absolute atomic E-state index is 12.2. The molecule has 1 aromatic rings. The summed E-state index contributed by atoms with van der Waals surface area (Å²) in [5.74, 6) is -0.0675. The van der Waals surface area contributed by atoms with E-state index in [4.69, 9.17) is 5.73 Å². The van der Waals surface area contributed by atoms with Crippen LogP contribution in [-0.2, 0) is 0 Å². The van der Waals surface area contributed by atoms with E-state index in [-0.39, 0.29) is 5.91 Å². The Hall–Kier alpha value is -1.56. The number of rotatable bonds is 1. The Morgan fingerprint density at radius 3 is 2.76 bits per heavy atom. The lowest BCUT2D eigenvalue weighted by molar-refractivity contribution is 0.0758. The van der Waals surface area contributed by atoms with Crippen molar-refractivity contribution in [1.29, 1.82) is 0 Å². The van der Waals surface area contributed by atoms with Gasteiger partial charge < -0.3 is 15.5 Å². The van der Waals surface area contributed by atoms with Gasteiger partial charge in [0.1, 0.15) is 0 Å². The molecule has 0 radical (unpaired) electrons. The quantitative estimate of drug-likeness (QED) is 0.725. The van der Waals surface area contributed by atoms with Crippen LogP contribution in [0.25, 0.3) is 0 Å². The van der Waals surface area contributed by atoms with Gasteiger partial charge in [0.25, 0.3) is 5.91 Å². The number of nitrogens with one attached hydrogen (secondary N) is 1. The van der Waals surface area contributed by atoms with Crippen molar-refractivity contribution in [2.24, 2.45) is 0 Å². The fraction of sp³-hybridized carbons (Fsp3) is 0.636. The van der Waals surface area contributed by atoms with E-state index in [0.29, 0.717) is 11.4 Å². The van der Waals surface area contributed by atoms with Crippen LogP contribution in [0.15, 0.2) is 0 Å². The van der Waals surface area contributed by atoms with E-state index in [1.54, 1.807) is 0 Å². The minimum absolute atomic E-state index is 0.0675. The van der Waals surface area contributed by atoms with Gasteiger partial charge in [0.2, 0.25) is 0 Å². The van der Waals surface area contributed by atoms with Crippen LogP contribution in [0.1, 0.15) is 22.6 Å². The van der Waals surface area contributed by atoms with Gasteiger partial charge in [-0.2, -0.15) is 5.10 Å². The molecule has 0 aromatic carbocycles. The number of hydrogen-bond donors (Lipinski definition) is 2.